The van der Waals surface area contributed by atoms with Crippen molar-refractivity contribution in [3.05, 3.63) is 0 Å². The van der Waals surface area contributed by atoms with E-state index in [0.29, 0.717) is 18.7 Å². The molecule has 100 valence electrons. The maximum atomic E-state index is 11.5. The van der Waals surface area contributed by atoms with E-state index < -0.39 is 0 Å². The summed E-state index contributed by atoms with van der Waals surface area (Å²) in [5.41, 5.74) is 0. The van der Waals surface area contributed by atoms with E-state index in [0.717, 1.165) is 32.5 Å². The second-order valence-corrected chi connectivity index (χ2v) is 4.48. The molecule has 1 atom stereocenters. The molecule has 1 amide bonds. The molecule has 1 N–H and O–H groups in total. The van der Waals surface area contributed by atoms with E-state index in [1.54, 1.807) is 12.0 Å². The van der Waals surface area contributed by atoms with Gasteiger partial charge in [-0.1, -0.05) is 0 Å². The number of amides is 1. The summed E-state index contributed by atoms with van der Waals surface area (Å²) in [6.45, 7) is 6.66. The fourth-order valence-electron chi connectivity index (χ4n) is 2.14. The third kappa shape index (κ3) is 4.91. The largest absolute Gasteiger partial charge is 0.450 e. The van der Waals surface area contributed by atoms with Crippen LogP contribution in [0.1, 0.15) is 26.7 Å². The molecular weight excluding hydrogens is 220 g/mol. The van der Waals surface area contributed by atoms with Crippen LogP contribution in [0.3, 0.4) is 0 Å². The first-order valence-electron chi connectivity index (χ1n) is 6.34. The molecule has 1 saturated heterocycles. The van der Waals surface area contributed by atoms with E-state index in [2.05, 4.69) is 12.2 Å². The lowest BCUT2D eigenvalue weighted by Gasteiger charge is -2.33. The molecule has 5 heteroatoms. The van der Waals surface area contributed by atoms with E-state index in [-0.39, 0.29) is 6.09 Å². The minimum Gasteiger partial charge on any atom is -0.450 e. The predicted molar refractivity (Wildman–Crippen MR) is 66.1 cm³/mol. The van der Waals surface area contributed by atoms with Gasteiger partial charge >= 0.3 is 6.09 Å². The van der Waals surface area contributed by atoms with Crippen LogP contribution in [-0.2, 0) is 9.47 Å². The lowest BCUT2D eigenvalue weighted by molar-refractivity contribution is 0.0921. The van der Waals surface area contributed by atoms with Crippen molar-refractivity contribution in [2.45, 2.75) is 38.8 Å². The smallest absolute Gasteiger partial charge is 0.409 e. The van der Waals surface area contributed by atoms with Crippen LogP contribution >= 0.6 is 0 Å². The highest BCUT2D eigenvalue weighted by atomic mass is 16.6. The Labute approximate surface area is 103 Å². The number of methoxy groups -OCH3 is 1. The lowest BCUT2D eigenvalue weighted by atomic mass is 10.0. The van der Waals surface area contributed by atoms with Crippen LogP contribution in [0.4, 0.5) is 4.79 Å². The highest BCUT2D eigenvalue weighted by Gasteiger charge is 2.24. The van der Waals surface area contributed by atoms with Gasteiger partial charge in [0, 0.05) is 32.3 Å². The summed E-state index contributed by atoms with van der Waals surface area (Å²) >= 11 is 0. The number of carbonyl (C=O) groups is 1. The number of hydrogen-bond acceptors (Lipinski definition) is 4. The molecule has 1 unspecified atom stereocenters. The highest BCUT2D eigenvalue weighted by Crippen LogP contribution is 2.12. The number of rotatable bonds is 5. The van der Waals surface area contributed by atoms with Crippen LogP contribution in [0.25, 0.3) is 0 Å². The van der Waals surface area contributed by atoms with Crippen LogP contribution in [0.5, 0.6) is 0 Å². The molecule has 0 aromatic heterocycles. The van der Waals surface area contributed by atoms with Crippen LogP contribution < -0.4 is 5.32 Å². The molecule has 0 radical (unpaired) electrons. The molecule has 0 bridgehead atoms. The Bertz CT molecular complexity index is 228. The van der Waals surface area contributed by atoms with Gasteiger partial charge in [0.1, 0.15) is 0 Å². The molecule has 1 heterocycles. The van der Waals surface area contributed by atoms with E-state index >= 15 is 0 Å². The number of likely N-dealkylation sites (tertiary alicyclic amines) is 1. The monoisotopic (exact) mass is 244 g/mol. The number of hydrogen-bond donors (Lipinski definition) is 1. The Morgan fingerprint density at radius 3 is 2.65 bits per heavy atom. The van der Waals surface area contributed by atoms with Crippen LogP contribution in [0.15, 0.2) is 0 Å². The van der Waals surface area contributed by atoms with E-state index in [1.165, 1.54) is 0 Å². The van der Waals surface area contributed by atoms with E-state index in [4.69, 9.17) is 9.47 Å². The topological polar surface area (TPSA) is 50.8 Å². The van der Waals surface area contributed by atoms with Crippen molar-refractivity contribution in [3.63, 3.8) is 0 Å². The third-order valence-corrected chi connectivity index (χ3v) is 2.96. The SMILES string of the molecule is CCOC(=O)N1CCC(NC(C)COC)CC1. The van der Waals surface area contributed by atoms with Gasteiger partial charge in [0.05, 0.1) is 13.2 Å². The predicted octanol–water partition coefficient (Wildman–Crippen LogP) is 1.23. The number of piperidine rings is 1. The summed E-state index contributed by atoms with van der Waals surface area (Å²) in [7, 11) is 1.71. The standard InChI is InChI=1S/C12H24N2O3/c1-4-17-12(15)14-7-5-11(6-8-14)13-10(2)9-16-3/h10-11,13H,4-9H2,1-3H3. The van der Waals surface area contributed by atoms with Gasteiger partial charge in [-0.05, 0) is 26.7 Å². The zero-order chi connectivity index (χ0) is 12.7. The first kappa shape index (κ1) is 14.3. The molecule has 1 fully saturated rings. The Kier molecular flexibility index (Phi) is 6.29. The van der Waals surface area contributed by atoms with E-state index in [9.17, 15) is 4.79 Å². The summed E-state index contributed by atoms with van der Waals surface area (Å²) in [6, 6.07) is 0.838. The maximum Gasteiger partial charge on any atom is 0.409 e. The quantitative estimate of drug-likeness (QED) is 0.790. The molecule has 0 aliphatic carbocycles. The van der Waals surface area contributed by atoms with Gasteiger partial charge in [-0.25, -0.2) is 4.79 Å². The van der Waals surface area contributed by atoms with Gasteiger partial charge in [0.15, 0.2) is 0 Å². The van der Waals surface area contributed by atoms with Crippen molar-refractivity contribution in [1.82, 2.24) is 10.2 Å². The second-order valence-electron chi connectivity index (χ2n) is 4.48. The summed E-state index contributed by atoms with van der Waals surface area (Å²) in [6.07, 6.45) is 1.77. The Balaban J connectivity index is 2.23. The fourth-order valence-corrected chi connectivity index (χ4v) is 2.14. The van der Waals surface area contributed by atoms with E-state index in [1.807, 2.05) is 6.92 Å². The van der Waals surface area contributed by atoms with Gasteiger partial charge in [-0.2, -0.15) is 0 Å². The molecular formula is C12H24N2O3. The first-order valence-corrected chi connectivity index (χ1v) is 6.34. The highest BCUT2D eigenvalue weighted by molar-refractivity contribution is 5.67. The van der Waals surface area contributed by atoms with Crippen molar-refractivity contribution in [2.75, 3.05) is 33.4 Å². The zero-order valence-electron chi connectivity index (χ0n) is 11.1. The van der Waals surface area contributed by atoms with Crippen LogP contribution in [0.2, 0.25) is 0 Å². The minimum atomic E-state index is -0.184. The lowest BCUT2D eigenvalue weighted by Crippen LogP contribution is -2.48. The van der Waals surface area contributed by atoms with Crippen molar-refractivity contribution in [3.8, 4) is 0 Å². The van der Waals surface area contributed by atoms with Gasteiger partial charge in [-0.3, -0.25) is 0 Å². The number of ether oxygens (including phenoxy) is 2. The fraction of sp³-hybridized carbons (Fsp3) is 0.917. The van der Waals surface area contributed by atoms with Crippen LogP contribution in [0, 0.1) is 0 Å². The third-order valence-electron chi connectivity index (χ3n) is 2.96. The molecule has 17 heavy (non-hydrogen) atoms. The normalized spacial score (nSPS) is 19.1. The molecule has 0 spiro atoms. The Hall–Kier alpha value is -0.810. The molecule has 0 saturated carbocycles. The summed E-state index contributed by atoms with van der Waals surface area (Å²) in [5, 5.41) is 3.51. The Morgan fingerprint density at radius 2 is 2.12 bits per heavy atom. The van der Waals surface area contributed by atoms with Crippen LogP contribution in [-0.4, -0.2) is 56.5 Å². The average Bonchev–Trinajstić information content (AvgIpc) is 2.30. The molecule has 0 aromatic rings. The molecule has 1 rings (SSSR count). The first-order chi connectivity index (χ1) is 8.17. The van der Waals surface area contributed by atoms with Crippen molar-refractivity contribution < 1.29 is 14.3 Å². The average molecular weight is 244 g/mol. The van der Waals surface area contributed by atoms with Gasteiger partial charge in [0.2, 0.25) is 0 Å². The number of nitrogens with one attached hydrogen (secondary N) is 1. The minimum absolute atomic E-state index is 0.184. The number of carbonyl (C=O) groups excluding carboxylic acids is 1. The molecule has 1 aliphatic heterocycles. The second kappa shape index (κ2) is 7.50. The number of nitrogens with zero attached hydrogens (tertiary/aromatic N) is 1. The summed E-state index contributed by atoms with van der Waals surface area (Å²) in [5.74, 6) is 0. The van der Waals surface area contributed by atoms with Crippen molar-refractivity contribution in [1.29, 1.82) is 0 Å². The Morgan fingerprint density at radius 1 is 1.47 bits per heavy atom. The molecule has 0 aromatic carbocycles. The molecule has 1 aliphatic rings. The molecule has 5 nitrogen and oxygen atoms in total. The van der Waals surface area contributed by atoms with Gasteiger partial charge in [-0.15, -0.1) is 0 Å². The summed E-state index contributed by atoms with van der Waals surface area (Å²) in [4.78, 5) is 13.3. The van der Waals surface area contributed by atoms with Crippen molar-refractivity contribution >= 4 is 6.09 Å². The van der Waals surface area contributed by atoms with Crippen molar-refractivity contribution in [2.24, 2.45) is 0 Å². The summed E-state index contributed by atoms with van der Waals surface area (Å²) < 4.78 is 10.1. The zero-order valence-corrected chi connectivity index (χ0v) is 11.1. The van der Waals surface area contributed by atoms with Gasteiger partial charge < -0.3 is 19.7 Å². The van der Waals surface area contributed by atoms with Gasteiger partial charge in [0.25, 0.3) is 0 Å². The maximum absolute atomic E-state index is 11.5.